The highest BCUT2D eigenvalue weighted by Crippen LogP contribution is 2.16. The average Bonchev–Trinajstić information content (AvgIpc) is 2.64. The van der Waals surface area contributed by atoms with Crippen molar-refractivity contribution < 1.29 is 4.21 Å². The molecule has 1 aromatic carbocycles. The summed E-state index contributed by atoms with van der Waals surface area (Å²) in [5.41, 5.74) is 2.80. The van der Waals surface area contributed by atoms with E-state index in [0.29, 0.717) is 18.3 Å². The zero-order valence-corrected chi connectivity index (χ0v) is 19.1. The summed E-state index contributed by atoms with van der Waals surface area (Å²) in [6.07, 6.45) is 2.23. The fourth-order valence-corrected chi connectivity index (χ4v) is 4.19. The minimum Gasteiger partial charge on any atom is -0.357 e. The Bertz CT molecular complexity index is 661. The number of piperidine rings is 1. The van der Waals surface area contributed by atoms with Gasteiger partial charge in [0, 0.05) is 53.5 Å². The number of aryl methyl sites for hydroxylation is 1. The molecule has 1 unspecified atom stereocenters. The number of hydrogen-bond donors (Lipinski definition) is 2. The molecule has 1 aliphatic heterocycles. The van der Waals surface area contributed by atoms with Crippen LogP contribution in [0, 0.1) is 6.92 Å². The van der Waals surface area contributed by atoms with Gasteiger partial charge in [-0.05, 0) is 58.6 Å². The van der Waals surface area contributed by atoms with Gasteiger partial charge in [0.05, 0.1) is 6.54 Å². The number of benzene rings is 1. The normalized spacial score (nSPS) is 18.1. The van der Waals surface area contributed by atoms with E-state index in [9.17, 15) is 4.21 Å². The van der Waals surface area contributed by atoms with Crippen LogP contribution in [0.15, 0.2) is 29.3 Å². The number of nitrogens with one attached hydrogen (secondary N) is 2. The molecule has 28 heavy (non-hydrogen) atoms. The predicted octanol–water partition coefficient (Wildman–Crippen LogP) is 3.06. The van der Waals surface area contributed by atoms with Gasteiger partial charge in [-0.3, -0.25) is 14.1 Å². The van der Waals surface area contributed by atoms with Gasteiger partial charge in [-0.15, -0.1) is 0 Å². The summed E-state index contributed by atoms with van der Waals surface area (Å²) < 4.78 is 12.0. The average molecular weight is 407 g/mol. The molecule has 2 rings (SSSR count). The van der Waals surface area contributed by atoms with Crippen molar-refractivity contribution in [2.45, 2.75) is 64.8 Å². The molecule has 0 aromatic heterocycles. The van der Waals surface area contributed by atoms with Crippen LogP contribution in [0.2, 0.25) is 0 Å². The van der Waals surface area contributed by atoms with Gasteiger partial charge in [0.25, 0.3) is 0 Å². The van der Waals surface area contributed by atoms with Crippen LogP contribution in [-0.4, -0.2) is 57.8 Å². The first kappa shape index (κ1) is 22.9. The SMILES string of the molecule is CCNC(=NCCS(=O)C(C)(C)C)NC1CCN(Cc2ccccc2C)CC1. The van der Waals surface area contributed by atoms with Crippen LogP contribution in [0.25, 0.3) is 0 Å². The standard InChI is InChI=1S/C22H38N4OS/c1-6-23-21(24-13-16-28(27)22(3,4)5)25-20-11-14-26(15-12-20)17-19-10-8-7-9-18(19)2/h7-10,20H,6,11-17H2,1-5H3,(H2,23,24,25). The molecule has 1 aromatic rings. The number of aliphatic imine (C=N–C) groups is 1. The zero-order chi connectivity index (χ0) is 20.6. The molecule has 0 amide bonds. The lowest BCUT2D eigenvalue weighted by molar-refractivity contribution is 0.198. The third kappa shape index (κ3) is 7.55. The lowest BCUT2D eigenvalue weighted by atomic mass is 10.0. The lowest BCUT2D eigenvalue weighted by Gasteiger charge is -2.33. The smallest absolute Gasteiger partial charge is 0.191 e. The van der Waals surface area contributed by atoms with E-state index in [1.165, 1.54) is 11.1 Å². The third-order valence-corrected chi connectivity index (χ3v) is 7.08. The van der Waals surface area contributed by atoms with Gasteiger partial charge in [0.1, 0.15) is 0 Å². The number of hydrogen-bond acceptors (Lipinski definition) is 3. The first-order valence-corrected chi connectivity index (χ1v) is 11.8. The molecule has 6 heteroatoms. The quantitative estimate of drug-likeness (QED) is 0.540. The summed E-state index contributed by atoms with van der Waals surface area (Å²) in [6.45, 7) is 15.0. The summed E-state index contributed by atoms with van der Waals surface area (Å²) in [4.78, 5) is 7.19. The van der Waals surface area contributed by atoms with Crippen molar-refractivity contribution in [3.8, 4) is 0 Å². The van der Waals surface area contributed by atoms with Gasteiger partial charge >= 0.3 is 0 Å². The predicted molar refractivity (Wildman–Crippen MR) is 121 cm³/mol. The minimum absolute atomic E-state index is 0.175. The maximum absolute atomic E-state index is 12.2. The molecule has 1 heterocycles. The summed E-state index contributed by atoms with van der Waals surface area (Å²) in [6, 6.07) is 9.10. The van der Waals surface area contributed by atoms with Crippen molar-refractivity contribution in [3.63, 3.8) is 0 Å². The molecule has 1 atom stereocenters. The second kappa shape index (κ2) is 11.0. The van der Waals surface area contributed by atoms with E-state index < -0.39 is 10.8 Å². The molecule has 0 radical (unpaired) electrons. The minimum atomic E-state index is -0.860. The van der Waals surface area contributed by atoms with E-state index in [-0.39, 0.29) is 4.75 Å². The number of nitrogens with zero attached hydrogens (tertiary/aromatic N) is 2. The van der Waals surface area contributed by atoms with Crippen LogP contribution in [-0.2, 0) is 17.3 Å². The van der Waals surface area contributed by atoms with Crippen LogP contribution in [0.3, 0.4) is 0 Å². The lowest BCUT2D eigenvalue weighted by Crippen LogP contribution is -2.48. The Morgan fingerprint density at radius 2 is 1.93 bits per heavy atom. The van der Waals surface area contributed by atoms with E-state index >= 15 is 0 Å². The highest BCUT2D eigenvalue weighted by atomic mass is 32.2. The molecule has 5 nitrogen and oxygen atoms in total. The first-order chi connectivity index (χ1) is 13.3. The van der Waals surface area contributed by atoms with Crippen LogP contribution < -0.4 is 10.6 Å². The highest BCUT2D eigenvalue weighted by molar-refractivity contribution is 7.86. The van der Waals surface area contributed by atoms with Crippen LogP contribution in [0.5, 0.6) is 0 Å². The molecule has 0 bridgehead atoms. The Kier molecular flexibility index (Phi) is 8.96. The van der Waals surface area contributed by atoms with Gasteiger partial charge in [-0.2, -0.15) is 0 Å². The fourth-order valence-electron chi connectivity index (χ4n) is 3.32. The first-order valence-electron chi connectivity index (χ1n) is 10.5. The topological polar surface area (TPSA) is 56.7 Å². The van der Waals surface area contributed by atoms with Gasteiger partial charge in [0.15, 0.2) is 5.96 Å². The van der Waals surface area contributed by atoms with Crippen molar-refractivity contribution in [2.75, 3.05) is 31.9 Å². The van der Waals surface area contributed by atoms with E-state index in [1.54, 1.807) is 0 Å². The fraction of sp³-hybridized carbons (Fsp3) is 0.682. The highest BCUT2D eigenvalue weighted by Gasteiger charge is 2.21. The van der Waals surface area contributed by atoms with Crippen molar-refractivity contribution in [1.29, 1.82) is 0 Å². The largest absolute Gasteiger partial charge is 0.357 e. The van der Waals surface area contributed by atoms with Gasteiger partial charge in [0.2, 0.25) is 0 Å². The number of guanidine groups is 1. The molecule has 0 spiro atoms. The summed E-state index contributed by atoms with van der Waals surface area (Å²) >= 11 is 0. The molecule has 0 aliphatic carbocycles. The zero-order valence-electron chi connectivity index (χ0n) is 18.3. The van der Waals surface area contributed by atoms with E-state index in [0.717, 1.165) is 45.0 Å². The van der Waals surface area contributed by atoms with Crippen LogP contribution in [0.1, 0.15) is 51.7 Å². The Morgan fingerprint density at radius 3 is 2.54 bits per heavy atom. The molecular formula is C22H38N4OS. The Morgan fingerprint density at radius 1 is 1.25 bits per heavy atom. The Labute approximate surface area is 173 Å². The molecular weight excluding hydrogens is 368 g/mol. The van der Waals surface area contributed by atoms with Crippen LogP contribution >= 0.6 is 0 Å². The maximum Gasteiger partial charge on any atom is 0.191 e. The second-order valence-corrected chi connectivity index (χ2v) is 10.9. The molecule has 1 saturated heterocycles. The molecule has 0 saturated carbocycles. The molecule has 1 fully saturated rings. The maximum atomic E-state index is 12.2. The van der Waals surface area contributed by atoms with E-state index in [4.69, 9.17) is 0 Å². The molecule has 1 aliphatic rings. The van der Waals surface area contributed by atoms with Crippen molar-refractivity contribution in [3.05, 3.63) is 35.4 Å². The Hall–Kier alpha value is -1.40. The summed E-state index contributed by atoms with van der Waals surface area (Å²) in [7, 11) is -0.860. The third-order valence-electron chi connectivity index (χ3n) is 5.16. The second-order valence-electron chi connectivity index (χ2n) is 8.54. The molecule has 2 N–H and O–H groups in total. The van der Waals surface area contributed by atoms with Gasteiger partial charge < -0.3 is 10.6 Å². The van der Waals surface area contributed by atoms with Crippen molar-refractivity contribution in [2.24, 2.45) is 4.99 Å². The van der Waals surface area contributed by atoms with Gasteiger partial charge in [-0.25, -0.2) is 0 Å². The molecule has 158 valence electrons. The van der Waals surface area contributed by atoms with Crippen molar-refractivity contribution >= 4 is 16.8 Å². The van der Waals surface area contributed by atoms with Gasteiger partial charge in [-0.1, -0.05) is 24.3 Å². The van der Waals surface area contributed by atoms with Crippen LogP contribution in [0.4, 0.5) is 0 Å². The number of likely N-dealkylation sites (tertiary alicyclic amines) is 1. The summed E-state index contributed by atoms with van der Waals surface area (Å²) in [5, 5.41) is 6.91. The van der Waals surface area contributed by atoms with Crippen molar-refractivity contribution in [1.82, 2.24) is 15.5 Å². The summed E-state index contributed by atoms with van der Waals surface area (Å²) in [5.74, 6) is 1.46. The van der Waals surface area contributed by atoms with E-state index in [2.05, 4.69) is 58.6 Å². The monoisotopic (exact) mass is 406 g/mol. The number of rotatable bonds is 7. The van der Waals surface area contributed by atoms with E-state index in [1.807, 2.05) is 20.8 Å². The Balaban J connectivity index is 1.80.